The standard InChI is InChI=1S/C22H19ClN6O4S/c1-2-7-24-20(30)18-15(6-10-34-18)27-19-14(23)12-25-21(28-19)26-13-4-5-16-17(11-13)33-9-3-8-29(16)22(31)32/h1,4-6,10-12H,3,7-9H2,(H,24,30)(H,31,32)(H2,25,26,27,28). The van der Waals surface area contributed by atoms with Crippen molar-refractivity contribution in [3.63, 3.8) is 0 Å². The lowest BCUT2D eigenvalue weighted by Gasteiger charge is -2.18. The van der Waals surface area contributed by atoms with E-state index in [1.807, 2.05) is 0 Å². The van der Waals surface area contributed by atoms with Crippen LogP contribution < -0.4 is 25.6 Å². The van der Waals surface area contributed by atoms with E-state index in [2.05, 4.69) is 31.8 Å². The molecule has 1 aliphatic rings. The number of anilines is 5. The third kappa shape index (κ3) is 5.14. The van der Waals surface area contributed by atoms with Crippen LogP contribution in [0.25, 0.3) is 0 Å². The van der Waals surface area contributed by atoms with E-state index in [9.17, 15) is 14.7 Å². The molecule has 0 fully saturated rings. The fourth-order valence-corrected chi connectivity index (χ4v) is 4.12. The second-order valence-corrected chi connectivity index (χ2v) is 8.33. The van der Waals surface area contributed by atoms with E-state index in [1.165, 1.54) is 22.4 Å². The molecule has 0 unspecified atom stereocenters. The van der Waals surface area contributed by atoms with Gasteiger partial charge in [0.05, 0.1) is 30.7 Å². The SMILES string of the molecule is C#CCNC(=O)c1sccc1Nc1nc(Nc2ccc3c(c2)OCCCN3C(=O)O)ncc1Cl. The van der Waals surface area contributed by atoms with Gasteiger partial charge in [0.2, 0.25) is 5.95 Å². The zero-order valence-corrected chi connectivity index (χ0v) is 19.2. The van der Waals surface area contributed by atoms with Crippen molar-refractivity contribution in [2.24, 2.45) is 0 Å². The molecule has 2 aromatic heterocycles. The number of nitrogens with zero attached hydrogens (tertiary/aromatic N) is 3. The second-order valence-electron chi connectivity index (χ2n) is 7.01. The highest BCUT2D eigenvalue weighted by Gasteiger charge is 2.22. The molecule has 1 aliphatic heterocycles. The highest BCUT2D eigenvalue weighted by Crippen LogP contribution is 2.35. The van der Waals surface area contributed by atoms with Crippen molar-refractivity contribution in [2.75, 3.05) is 35.2 Å². The van der Waals surface area contributed by atoms with Crippen LogP contribution >= 0.6 is 22.9 Å². The van der Waals surface area contributed by atoms with Crippen LogP contribution in [-0.2, 0) is 0 Å². The Balaban J connectivity index is 1.54. The van der Waals surface area contributed by atoms with Gasteiger partial charge in [-0.15, -0.1) is 17.8 Å². The zero-order valence-electron chi connectivity index (χ0n) is 17.7. The van der Waals surface area contributed by atoms with Crippen LogP contribution in [0.4, 0.5) is 33.6 Å². The second kappa shape index (κ2) is 10.3. The largest absolute Gasteiger partial charge is 0.491 e. The van der Waals surface area contributed by atoms with Gasteiger partial charge < -0.3 is 25.8 Å². The Hall–Kier alpha value is -4.01. The maximum atomic E-state index is 12.3. The van der Waals surface area contributed by atoms with Gasteiger partial charge in [-0.05, 0) is 30.0 Å². The van der Waals surface area contributed by atoms with E-state index in [1.54, 1.807) is 29.6 Å². The number of fused-ring (bicyclic) bond motifs is 1. The summed E-state index contributed by atoms with van der Waals surface area (Å²) in [5.41, 5.74) is 1.60. The highest BCUT2D eigenvalue weighted by atomic mass is 35.5. The summed E-state index contributed by atoms with van der Waals surface area (Å²) in [6, 6.07) is 6.80. The van der Waals surface area contributed by atoms with Gasteiger partial charge in [0.25, 0.3) is 5.91 Å². The van der Waals surface area contributed by atoms with Gasteiger partial charge in [0.1, 0.15) is 15.6 Å². The van der Waals surface area contributed by atoms with Crippen molar-refractivity contribution in [1.29, 1.82) is 0 Å². The third-order valence-electron chi connectivity index (χ3n) is 4.74. The molecule has 4 N–H and O–H groups in total. The summed E-state index contributed by atoms with van der Waals surface area (Å²) in [5.74, 6) is 3.04. The van der Waals surface area contributed by atoms with Crippen LogP contribution in [0.1, 0.15) is 16.1 Å². The molecule has 4 rings (SSSR count). The van der Waals surface area contributed by atoms with E-state index >= 15 is 0 Å². The summed E-state index contributed by atoms with van der Waals surface area (Å²) in [6.07, 6.45) is 6.18. The van der Waals surface area contributed by atoms with Crippen molar-refractivity contribution in [2.45, 2.75) is 6.42 Å². The van der Waals surface area contributed by atoms with Crippen molar-refractivity contribution >= 4 is 63.8 Å². The molecule has 0 spiro atoms. The first kappa shape index (κ1) is 23.2. The molecule has 0 atom stereocenters. The van der Waals surface area contributed by atoms with Gasteiger partial charge in [0.15, 0.2) is 5.82 Å². The van der Waals surface area contributed by atoms with Crippen LogP contribution in [0.2, 0.25) is 5.02 Å². The number of terminal acetylenes is 1. The monoisotopic (exact) mass is 498 g/mol. The predicted molar refractivity (Wildman–Crippen MR) is 131 cm³/mol. The number of amides is 2. The topological polar surface area (TPSA) is 129 Å². The number of benzene rings is 1. The molecule has 3 heterocycles. The predicted octanol–water partition coefficient (Wildman–Crippen LogP) is 4.31. The van der Waals surface area contributed by atoms with Gasteiger partial charge in [-0.2, -0.15) is 4.98 Å². The number of hydrogen-bond donors (Lipinski definition) is 4. The van der Waals surface area contributed by atoms with Gasteiger partial charge in [-0.25, -0.2) is 9.78 Å². The molecular formula is C22H19ClN6O4S. The lowest BCUT2D eigenvalue weighted by molar-refractivity contribution is 0.0963. The number of hydrogen-bond acceptors (Lipinski definition) is 8. The minimum absolute atomic E-state index is 0.118. The van der Waals surface area contributed by atoms with Gasteiger partial charge in [-0.1, -0.05) is 17.5 Å². The first-order valence-corrected chi connectivity index (χ1v) is 11.3. The summed E-state index contributed by atoms with van der Waals surface area (Å²) in [4.78, 5) is 34.2. The first-order chi connectivity index (χ1) is 16.5. The number of thiophene rings is 1. The molecule has 10 nitrogen and oxygen atoms in total. The molecule has 0 saturated heterocycles. The number of carboxylic acid groups (broad SMARTS) is 1. The lowest BCUT2D eigenvalue weighted by Crippen LogP contribution is -2.29. The Labute approximate surface area is 203 Å². The van der Waals surface area contributed by atoms with Crippen molar-refractivity contribution < 1.29 is 19.4 Å². The Morgan fingerprint density at radius 1 is 1.32 bits per heavy atom. The van der Waals surface area contributed by atoms with Crippen molar-refractivity contribution in [3.8, 4) is 18.1 Å². The smallest absolute Gasteiger partial charge is 0.411 e. The van der Waals surface area contributed by atoms with E-state index in [-0.39, 0.29) is 23.4 Å². The Morgan fingerprint density at radius 3 is 2.97 bits per heavy atom. The average Bonchev–Trinajstić information content (AvgIpc) is 3.17. The van der Waals surface area contributed by atoms with E-state index in [4.69, 9.17) is 22.8 Å². The molecule has 0 aliphatic carbocycles. The molecule has 12 heteroatoms. The van der Waals surface area contributed by atoms with E-state index < -0.39 is 6.09 Å². The molecule has 0 saturated carbocycles. The van der Waals surface area contributed by atoms with E-state index in [0.29, 0.717) is 53.1 Å². The fraction of sp³-hybridized carbons (Fsp3) is 0.182. The number of ether oxygens (including phenoxy) is 1. The van der Waals surface area contributed by atoms with Crippen LogP contribution in [-0.4, -0.2) is 46.8 Å². The average molecular weight is 499 g/mol. The minimum atomic E-state index is -1.04. The van der Waals surface area contributed by atoms with Crippen molar-refractivity contribution in [3.05, 3.63) is 45.7 Å². The lowest BCUT2D eigenvalue weighted by atomic mass is 10.2. The molecule has 1 aromatic carbocycles. The van der Waals surface area contributed by atoms with Gasteiger partial charge >= 0.3 is 6.09 Å². The summed E-state index contributed by atoms with van der Waals surface area (Å²) in [7, 11) is 0. The van der Waals surface area contributed by atoms with Crippen LogP contribution in [0.5, 0.6) is 5.75 Å². The molecule has 0 bridgehead atoms. The van der Waals surface area contributed by atoms with E-state index in [0.717, 1.165) is 0 Å². The quantitative estimate of drug-likeness (QED) is 0.370. The number of carbonyl (C=O) groups excluding carboxylic acids is 1. The molecule has 3 aromatic rings. The maximum absolute atomic E-state index is 12.3. The number of rotatable bonds is 6. The summed E-state index contributed by atoms with van der Waals surface area (Å²) >= 11 is 7.52. The minimum Gasteiger partial charge on any atom is -0.491 e. The number of halogens is 1. The molecule has 34 heavy (non-hydrogen) atoms. The van der Waals surface area contributed by atoms with Gasteiger partial charge in [0, 0.05) is 18.3 Å². The maximum Gasteiger partial charge on any atom is 0.411 e. The Kier molecular flexibility index (Phi) is 7.01. The number of carbonyl (C=O) groups is 2. The highest BCUT2D eigenvalue weighted by molar-refractivity contribution is 7.12. The normalized spacial score (nSPS) is 12.5. The first-order valence-electron chi connectivity index (χ1n) is 10.1. The zero-order chi connectivity index (χ0) is 24.1. The Morgan fingerprint density at radius 2 is 2.18 bits per heavy atom. The summed E-state index contributed by atoms with van der Waals surface area (Å²) in [6.45, 7) is 0.882. The summed E-state index contributed by atoms with van der Waals surface area (Å²) < 4.78 is 5.72. The van der Waals surface area contributed by atoms with Crippen molar-refractivity contribution in [1.82, 2.24) is 15.3 Å². The van der Waals surface area contributed by atoms with Crippen LogP contribution in [0.3, 0.4) is 0 Å². The number of aromatic nitrogens is 2. The van der Waals surface area contributed by atoms with Gasteiger partial charge in [-0.3, -0.25) is 9.69 Å². The third-order valence-corrected chi connectivity index (χ3v) is 5.93. The summed E-state index contributed by atoms with van der Waals surface area (Å²) in [5, 5.41) is 20.2. The molecule has 2 amide bonds. The van der Waals surface area contributed by atoms with Crippen LogP contribution in [0, 0.1) is 12.3 Å². The molecule has 174 valence electrons. The molecule has 0 radical (unpaired) electrons. The Bertz CT molecular complexity index is 1270. The van der Waals surface area contributed by atoms with Crippen LogP contribution in [0.15, 0.2) is 35.8 Å². The fourth-order valence-electron chi connectivity index (χ4n) is 3.22. The number of nitrogens with one attached hydrogen (secondary N) is 3. The molecular weight excluding hydrogens is 480 g/mol.